The van der Waals surface area contributed by atoms with E-state index in [-0.39, 0.29) is 0 Å². The van der Waals surface area contributed by atoms with Crippen LogP contribution in [0.3, 0.4) is 0 Å². The van der Waals surface area contributed by atoms with Gasteiger partial charge in [0.25, 0.3) is 0 Å². The Bertz CT molecular complexity index is 2780. The molecule has 8 aromatic carbocycles. The van der Waals surface area contributed by atoms with Crippen molar-refractivity contribution in [3.8, 4) is 22.5 Å². The van der Waals surface area contributed by atoms with Crippen LogP contribution in [0.1, 0.15) is 0 Å². The predicted octanol–water partition coefficient (Wildman–Crippen LogP) is 13.0. The van der Waals surface area contributed by atoms with Gasteiger partial charge in [-0.2, -0.15) is 0 Å². The standard InChI is InChI=1S/C48H33N3/c1-5-17-35(18-6-1)49(36-19-7-2-8-20-36)39-31-29-34(30-32-39)42-33-43-40-25-13-15-27-44(40)50(37-21-9-3-10-22-37)48(43)46-41-26-14-16-28-45(41)51(47(42)46)38-23-11-4-12-24-38/h1-33H. The second-order valence-corrected chi connectivity index (χ2v) is 13.0. The summed E-state index contributed by atoms with van der Waals surface area (Å²) in [6.45, 7) is 0. The van der Waals surface area contributed by atoms with E-state index in [4.69, 9.17) is 0 Å². The van der Waals surface area contributed by atoms with Crippen LogP contribution in [0.2, 0.25) is 0 Å². The Kier molecular flexibility index (Phi) is 6.81. The minimum atomic E-state index is 1.11. The maximum atomic E-state index is 2.46. The lowest BCUT2D eigenvalue weighted by atomic mass is 9.97. The third-order valence-electron chi connectivity index (χ3n) is 10.1. The van der Waals surface area contributed by atoms with Crippen molar-refractivity contribution in [1.29, 1.82) is 0 Å². The fourth-order valence-electron chi connectivity index (χ4n) is 7.91. The molecule has 0 fully saturated rings. The number of fused-ring (bicyclic) bond motifs is 7. The first-order valence-corrected chi connectivity index (χ1v) is 17.5. The van der Waals surface area contributed by atoms with Crippen LogP contribution in [0.5, 0.6) is 0 Å². The molecule has 2 aromatic heterocycles. The van der Waals surface area contributed by atoms with Crippen LogP contribution in [0, 0.1) is 0 Å². The van der Waals surface area contributed by atoms with Gasteiger partial charge in [-0.15, -0.1) is 0 Å². The van der Waals surface area contributed by atoms with Gasteiger partial charge in [0.05, 0.1) is 22.1 Å². The summed E-state index contributed by atoms with van der Waals surface area (Å²) >= 11 is 0. The van der Waals surface area contributed by atoms with Crippen molar-refractivity contribution < 1.29 is 0 Å². The molecule has 0 aliphatic rings. The Morgan fingerprint density at radius 1 is 0.333 bits per heavy atom. The van der Waals surface area contributed by atoms with E-state index in [0.29, 0.717) is 0 Å². The number of hydrogen-bond donors (Lipinski definition) is 0. The monoisotopic (exact) mass is 651 g/mol. The predicted molar refractivity (Wildman–Crippen MR) is 215 cm³/mol. The average Bonchev–Trinajstić information content (AvgIpc) is 3.73. The van der Waals surface area contributed by atoms with Crippen molar-refractivity contribution in [2.24, 2.45) is 0 Å². The molecule has 10 rings (SSSR count). The second kappa shape index (κ2) is 11.9. The van der Waals surface area contributed by atoms with E-state index < -0.39 is 0 Å². The van der Waals surface area contributed by atoms with Crippen molar-refractivity contribution in [2.45, 2.75) is 0 Å². The number of aromatic nitrogens is 2. The Balaban J connectivity index is 1.31. The molecule has 0 aliphatic carbocycles. The SMILES string of the molecule is c1ccc(N(c2ccccc2)c2ccc(-c3cc4c5ccccc5n(-c5ccccc5)c4c4c5ccccc5n(-c5ccccc5)c34)cc2)cc1. The summed E-state index contributed by atoms with van der Waals surface area (Å²) < 4.78 is 4.92. The fourth-order valence-corrected chi connectivity index (χ4v) is 7.91. The maximum Gasteiger partial charge on any atom is 0.0641 e. The van der Waals surface area contributed by atoms with Gasteiger partial charge in [0.15, 0.2) is 0 Å². The van der Waals surface area contributed by atoms with E-state index in [1.807, 2.05) is 0 Å². The molecular formula is C48H33N3. The number of nitrogens with zero attached hydrogens (tertiary/aromatic N) is 3. The Morgan fingerprint density at radius 2 is 0.765 bits per heavy atom. The lowest BCUT2D eigenvalue weighted by molar-refractivity contribution is 1.17. The number of benzene rings is 8. The van der Waals surface area contributed by atoms with Crippen LogP contribution >= 0.6 is 0 Å². The van der Waals surface area contributed by atoms with Crippen LogP contribution in [0.15, 0.2) is 200 Å². The van der Waals surface area contributed by atoms with Crippen molar-refractivity contribution in [3.05, 3.63) is 200 Å². The fraction of sp³-hybridized carbons (Fsp3) is 0. The first-order valence-electron chi connectivity index (χ1n) is 17.5. The van der Waals surface area contributed by atoms with E-state index in [9.17, 15) is 0 Å². The number of para-hydroxylation sites is 6. The third kappa shape index (κ3) is 4.67. The summed E-state index contributed by atoms with van der Waals surface area (Å²) in [7, 11) is 0. The van der Waals surface area contributed by atoms with Gasteiger partial charge >= 0.3 is 0 Å². The molecule has 0 saturated heterocycles. The van der Waals surface area contributed by atoms with Gasteiger partial charge in [0.2, 0.25) is 0 Å². The third-order valence-corrected chi connectivity index (χ3v) is 10.1. The summed E-state index contributed by atoms with van der Waals surface area (Å²) in [5, 5.41) is 4.97. The number of hydrogen-bond acceptors (Lipinski definition) is 1. The van der Waals surface area contributed by atoms with Crippen molar-refractivity contribution in [2.75, 3.05) is 4.90 Å². The van der Waals surface area contributed by atoms with Crippen molar-refractivity contribution in [1.82, 2.24) is 9.13 Å². The summed E-state index contributed by atoms with van der Waals surface area (Å²) in [5.74, 6) is 0. The molecule has 51 heavy (non-hydrogen) atoms. The van der Waals surface area contributed by atoms with Gasteiger partial charge in [-0.1, -0.05) is 121 Å². The van der Waals surface area contributed by atoms with Gasteiger partial charge in [-0.05, 0) is 84.4 Å². The molecular weight excluding hydrogens is 619 g/mol. The normalized spacial score (nSPS) is 11.5. The lowest BCUT2D eigenvalue weighted by Crippen LogP contribution is -2.09. The number of anilines is 3. The zero-order valence-electron chi connectivity index (χ0n) is 27.9. The first kappa shape index (κ1) is 29.1. The highest BCUT2D eigenvalue weighted by atomic mass is 15.1. The van der Waals surface area contributed by atoms with Crippen LogP contribution in [0.4, 0.5) is 17.1 Å². The molecule has 0 unspecified atom stereocenters. The Hall–Kier alpha value is -6.84. The van der Waals surface area contributed by atoms with Gasteiger partial charge in [-0.3, -0.25) is 0 Å². The summed E-state index contributed by atoms with van der Waals surface area (Å²) in [5.41, 5.74) is 12.8. The molecule has 3 heteroatoms. The van der Waals surface area contributed by atoms with Crippen LogP contribution in [0.25, 0.3) is 66.1 Å². The van der Waals surface area contributed by atoms with E-state index in [0.717, 1.165) is 28.4 Å². The highest BCUT2D eigenvalue weighted by Gasteiger charge is 2.24. The molecule has 0 N–H and O–H groups in total. The average molecular weight is 652 g/mol. The van der Waals surface area contributed by atoms with E-state index in [1.54, 1.807) is 0 Å². The molecule has 3 nitrogen and oxygen atoms in total. The van der Waals surface area contributed by atoms with E-state index >= 15 is 0 Å². The van der Waals surface area contributed by atoms with Crippen molar-refractivity contribution in [3.63, 3.8) is 0 Å². The topological polar surface area (TPSA) is 13.1 Å². The van der Waals surface area contributed by atoms with Crippen LogP contribution in [-0.4, -0.2) is 9.13 Å². The smallest absolute Gasteiger partial charge is 0.0641 e. The van der Waals surface area contributed by atoms with Crippen LogP contribution in [-0.2, 0) is 0 Å². The Labute approximate surface area is 296 Å². The molecule has 0 aliphatic heterocycles. The summed E-state index contributed by atoms with van der Waals surface area (Å²) in [6, 6.07) is 72.0. The minimum Gasteiger partial charge on any atom is -0.311 e. The summed E-state index contributed by atoms with van der Waals surface area (Å²) in [4.78, 5) is 2.32. The molecule has 0 bridgehead atoms. The number of rotatable bonds is 6. The highest BCUT2D eigenvalue weighted by Crippen LogP contribution is 2.46. The quantitative estimate of drug-likeness (QED) is 0.174. The molecule has 0 amide bonds. The molecule has 0 saturated carbocycles. The van der Waals surface area contributed by atoms with Crippen molar-refractivity contribution >= 4 is 60.7 Å². The Morgan fingerprint density at radius 3 is 1.33 bits per heavy atom. The molecule has 2 heterocycles. The largest absolute Gasteiger partial charge is 0.311 e. The zero-order valence-corrected chi connectivity index (χ0v) is 27.9. The van der Waals surface area contributed by atoms with Gasteiger partial charge in [0, 0.05) is 55.5 Å². The lowest BCUT2D eigenvalue weighted by Gasteiger charge is -2.25. The van der Waals surface area contributed by atoms with Gasteiger partial charge in [-0.25, -0.2) is 0 Å². The van der Waals surface area contributed by atoms with E-state index in [1.165, 1.54) is 54.7 Å². The molecule has 0 radical (unpaired) electrons. The maximum absolute atomic E-state index is 2.46. The van der Waals surface area contributed by atoms with Crippen LogP contribution < -0.4 is 4.90 Å². The molecule has 240 valence electrons. The van der Waals surface area contributed by atoms with Gasteiger partial charge in [0.1, 0.15) is 0 Å². The van der Waals surface area contributed by atoms with Gasteiger partial charge < -0.3 is 14.0 Å². The highest BCUT2D eigenvalue weighted by molar-refractivity contribution is 6.29. The zero-order chi connectivity index (χ0) is 33.7. The minimum absolute atomic E-state index is 1.11. The molecule has 10 aromatic rings. The van der Waals surface area contributed by atoms with E-state index in [2.05, 4.69) is 214 Å². The second-order valence-electron chi connectivity index (χ2n) is 13.0. The summed E-state index contributed by atoms with van der Waals surface area (Å²) in [6.07, 6.45) is 0. The first-order chi connectivity index (χ1) is 25.3. The molecule has 0 atom stereocenters. The molecule has 0 spiro atoms.